The van der Waals surface area contributed by atoms with E-state index in [4.69, 9.17) is 0 Å². The Morgan fingerprint density at radius 1 is 1.37 bits per heavy atom. The molecule has 0 amide bonds. The molecule has 0 spiro atoms. The molecule has 1 aromatic heterocycles. The predicted octanol–water partition coefficient (Wildman–Crippen LogP) is 3.36. The maximum absolute atomic E-state index is 11.3. The van der Waals surface area contributed by atoms with Crippen LogP contribution in [0, 0.1) is 0 Å². The second kappa shape index (κ2) is 5.65. The minimum Gasteiger partial charge on any atom is -0.321 e. The van der Waals surface area contributed by atoms with E-state index in [-0.39, 0.29) is 5.56 Å². The number of nitrogens with zero attached hydrogens (tertiary/aromatic N) is 1. The Morgan fingerprint density at radius 3 is 2.79 bits per heavy atom. The van der Waals surface area contributed by atoms with Crippen LogP contribution in [-0.4, -0.2) is 10.7 Å². The van der Waals surface area contributed by atoms with E-state index in [0.29, 0.717) is 0 Å². The summed E-state index contributed by atoms with van der Waals surface area (Å²) >= 11 is 0. The quantitative estimate of drug-likeness (QED) is 0.808. The molecule has 0 aliphatic heterocycles. The fourth-order valence-corrected chi connectivity index (χ4v) is 2.01. The molecule has 0 unspecified atom stereocenters. The lowest BCUT2D eigenvalue weighted by Gasteiger charge is -2.12. The minimum absolute atomic E-state index is 0.104. The van der Waals surface area contributed by atoms with Gasteiger partial charge in [0, 0.05) is 6.07 Å². The van der Waals surface area contributed by atoms with E-state index in [1.165, 1.54) is 17.2 Å². The van der Waals surface area contributed by atoms with Crippen LogP contribution in [0.3, 0.4) is 0 Å². The van der Waals surface area contributed by atoms with Gasteiger partial charge in [0.25, 0.3) is 0 Å². The van der Waals surface area contributed by atoms with Crippen LogP contribution in [-0.2, 0) is 0 Å². The molecule has 0 saturated heterocycles. The van der Waals surface area contributed by atoms with Crippen LogP contribution in [0.5, 0.6) is 0 Å². The van der Waals surface area contributed by atoms with Crippen molar-refractivity contribution >= 4 is 5.71 Å². The molecule has 0 radical (unpaired) electrons. The topological polar surface area (TPSA) is 45.2 Å². The lowest BCUT2D eigenvalue weighted by molar-refractivity contribution is 1.07. The molecule has 0 saturated carbocycles. The highest BCUT2D eigenvalue weighted by Gasteiger charge is 2.07. The first-order valence-electron chi connectivity index (χ1n) is 6.38. The largest absolute Gasteiger partial charge is 0.321 e. The highest BCUT2D eigenvalue weighted by Crippen LogP contribution is 2.23. The minimum atomic E-state index is -0.104. The lowest BCUT2D eigenvalue weighted by Crippen LogP contribution is -2.10. The summed E-state index contributed by atoms with van der Waals surface area (Å²) in [6, 6.07) is 5.10. The first kappa shape index (κ1) is 13.3. The summed E-state index contributed by atoms with van der Waals surface area (Å²) in [7, 11) is 0. The molecule has 0 atom stereocenters. The van der Waals surface area contributed by atoms with Crippen molar-refractivity contribution in [3.05, 3.63) is 69.3 Å². The average molecular weight is 254 g/mol. The van der Waals surface area contributed by atoms with Crippen molar-refractivity contribution in [2.45, 2.75) is 27.2 Å². The second-order valence-electron chi connectivity index (χ2n) is 4.67. The summed E-state index contributed by atoms with van der Waals surface area (Å²) in [6.07, 6.45) is 7.16. The molecule has 0 bridgehead atoms. The molecule has 1 aliphatic carbocycles. The summed E-state index contributed by atoms with van der Waals surface area (Å²) in [6.45, 7) is 6.04. The first-order valence-corrected chi connectivity index (χ1v) is 6.38. The first-order chi connectivity index (χ1) is 9.10. The van der Waals surface area contributed by atoms with Crippen LogP contribution in [0.2, 0.25) is 0 Å². The zero-order valence-electron chi connectivity index (χ0n) is 11.5. The maximum atomic E-state index is 11.3. The molecule has 19 heavy (non-hydrogen) atoms. The van der Waals surface area contributed by atoms with Crippen LogP contribution in [0.4, 0.5) is 0 Å². The van der Waals surface area contributed by atoms with Gasteiger partial charge in [-0.1, -0.05) is 18.2 Å². The van der Waals surface area contributed by atoms with E-state index in [0.717, 1.165) is 23.5 Å². The van der Waals surface area contributed by atoms with E-state index in [1.54, 1.807) is 6.07 Å². The van der Waals surface area contributed by atoms with Gasteiger partial charge in [-0.05, 0) is 50.5 Å². The molecular formula is C16H18N2O. The second-order valence-corrected chi connectivity index (χ2v) is 4.67. The summed E-state index contributed by atoms with van der Waals surface area (Å²) in [5, 5.41) is 0. The number of hydrogen-bond acceptors (Lipinski definition) is 2. The van der Waals surface area contributed by atoms with Crippen LogP contribution in [0.15, 0.2) is 63.1 Å². The van der Waals surface area contributed by atoms with Crippen LogP contribution in [0.25, 0.3) is 0 Å². The Labute approximate surface area is 113 Å². The molecule has 1 aromatic rings. The molecule has 0 fully saturated rings. The fraction of sp³-hybridized carbons (Fsp3) is 0.250. The van der Waals surface area contributed by atoms with Crippen LogP contribution >= 0.6 is 0 Å². The third-order valence-electron chi connectivity index (χ3n) is 3.18. The molecule has 0 aromatic carbocycles. The Bertz CT molecular complexity index is 657. The fourth-order valence-electron chi connectivity index (χ4n) is 2.01. The van der Waals surface area contributed by atoms with Gasteiger partial charge in [0.05, 0.1) is 17.1 Å². The Morgan fingerprint density at radius 2 is 2.16 bits per heavy atom. The SMILES string of the molecule is C/C=C1\C=CC(N=C(C)c2cccc(=O)[nH]2)=C(C)C1. The van der Waals surface area contributed by atoms with Gasteiger partial charge in [-0.25, -0.2) is 0 Å². The third-order valence-corrected chi connectivity index (χ3v) is 3.18. The highest BCUT2D eigenvalue weighted by molar-refractivity contribution is 5.97. The molecule has 1 N–H and O–H groups in total. The zero-order chi connectivity index (χ0) is 13.8. The van der Waals surface area contributed by atoms with E-state index >= 15 is 0 Å². The van der Waals surface area contributed by atoms with Crippen LogP contribution < -0.4 is 5.56 Å². The number of rotatable bonds is 2. The van der Waals surface area contributed by atoms with Crippen molar-refractivity contribution in [3.63, 3.8) is 0 Å². The van der Waals surface area contributed by atoms with Crippen molar-refractivity contribution < 1.29 is 0 Å². The molecular weight excluding hydrogens is 236 g/mol. The van der Waals surface area contributed by atoms with Gasteiger partial charge in [-0.3, -0.25) is 9.79 Å². The molecule has 1 aliphatic rings. The maximum Gasteiger partial charge on any atom is 0.248 e. The lowest BCUT2D eigenvalue weighted by atomic mass is 9.99. The standard InChI is InChI=1S/C16H18N2O/c1-4-13-8-9-14(11(2)10-13)17-12(3)15-6-5-7-16(19)18-15/h4-9H,10H2,1-3H3,(H,18,19)/b13-4+,17-12?. The number of H-pyrrole nitrogens is 1. The number of aromatic nitrogens is 1. The van der Waals surface area contributed by atoms with Gasteiger partial charge in [0.1, 0.15) is 0 Å². The molecule has 2 rings (SSSR count). The molecule has 1 heterocycles. The Balaban J connectivity index is 2.32. The number of hydrogen-bond donors (Lipinski definition) is 1. The van der Waals surface area contributed by atoms with Gasteiger partial charge in [-0.15, -0.1) is 0 Å². The molecule has 3 nitrogen and oxygen atoms in total. The average Bonchev–Trinajstić information content (AvgIpc) is 2.41. The normalized spacial score (nSPS) is 18.3. The Hall–Kier alpha value is -2.16. The smallest absolute Gasteiger partial charge is 0.248 e. The Kier molecular flexibility index (Phi) is 3.95. The van der Waals surface area contributed by atoms with Gasteiger partial charge < -0.3 is 4.98 Å². The van der Waals surface area contributed by atoms with E-state index < -0.39 is 0 Å². The van der Waals surface area contributed by atoms with Gasteiger partial charge in [0.2, 0.25) is 5.56 Å². The summed E-state index contributed by atoms with van der Waals surface area (Å²) in [5.41, 5.74) is 5.01. The monoisotopic (exact) mass is 254 g/mol. The number of pyridine rings is 1. The number of allylic oxidation sites excluding steroid dienone is 5. The van der Waals surface area contributed by atoms with Crippen molar-refractivity contribution in [1.82, 2.24) is 4.98 Å². The van der Waals surface area contributed by atoms with Gasteiger partial charge >= 0.3 is 0 Å². The number of aromatic amines is 1. The summed E-state index contributed by atoms with van der Waals surface area (Å²) in [4.78, 5) is 18.7. The number of nitrogens with one attached hydrogen (secondary N) is 1. The van der Waals surface area contributed by atoms with Crippen molar-refractivity contribution in [1.29, 1.82) is 0 Å². The summed E-state index contributed by atoms with van der Waals surface area (Å²) in [5.74, 6) is 0. The highest BCUT2D eigenvalue weighted by atomic mass is 16.1. The van der Waals surface area contributed by atoms with E-state index in [1.807, 2.05) is 26.0 Å². The van der Waals surface area contributed by atoms with Crippen molar-refractivity contribution in [3.8, 4) is 0 Å². The molecule has 98 valence electrons. The van der Waals surface area contributed by atoms with Crippen LogP contribution in [0.1, 0.15) is 32.9 Å². The predicted molar refractivity (Wildman–Crippen MR) is 79.5 cm³/mol. The van der Waals surface area contributed by atoms with E-state index in [9.17, 15) is 4.79 Å². The van der Waals surface area contributed by atoms with Crippen molar-refractivity contribution in [2.24, 2.45) is 4.99 Å². The molecule has 3 heteroatoms. The van der Waals surface area contributed by atoms with E-state index in [2.05, 4.69) is 29.1 Å². The third kappa shape index (κ3) is 3.19. The zero-order valence-corrected chi connectivity index (χ0v) is 11.5. The van der Waals surface area contributed by atoms with Crippen molar-refractivity contribution in [2.75, 3.05) is 0 Å². The number of aliphatic imine (C=N–C) groups is 1. The summed E-state index contributed by atoms with van der Waals surface area (Å²) < 4.78 is 0. The van der Waals surface area contributed by atoms with Gasteiger partial charge in [-0.2, -0.15) is 0 Å². The van der Waals surface area contributed by atoms with Gasteiger partial charge in [0.15, 0.2) is 0 Å².